The molecule has 2 amide bonds. The number of nitrogens with zero attached hydrogens (tertiary/aromatic N) is 1. The lowest BCUT2D eigenvalue weighted by Gasteiger charge is -2.40. The van der Waals surface area contributed by atoms with Gasteiger partial charge in [0.2, 0.25) is 12.1 Å². The van der Waals surface area contributed by atoms with Crippen LogP contribution in [0.2, 0.25) is 0 Å². The second kappa shape index (κ2) is 8.26. The summed E-state index contributed by atoms with van der Waals surface area (Å²) >= 11 is 0. The van der Waals surface area contributed by atoms with Crippen molar-refractivity contribution >= 4 is 18.0 Å². The number of carbonyl (C=O) groups is 3. The van der Waals surface area contributed by atoms with Crippen molar-refractivity contribution in [1.82, 2.24) is 10.2 Å². The molecular formula is C18H24N2O7. The summed E-state index contributed by atoms with van der Waals surface area (Å²) in [6.45, 7) is 5.02. The first kappa shape index (κ1) is 20.5. The van der Waals surface area contributed by atoms with Crippen molar-refractivity contribution in [3.8, 4) is 5.75 Å². The van der Waals surface area contributed by atoms with Crippen LogP contribution in [0.15, 0.2) is 24.3 Å². The average Bonchev–Trinajstić information content (AvgIpc) is 2.60. The van der Waals surface area contributed by atoms with Gasteiger partial charge in [-0.05, 0) is 38.5 Å². The lowest BCUT2D eigenvalue weighted by atomic mass is 10.1. The minimum atomic E-state index is -1.73. The molecule has 27 heavy (non-hydrogen) atoms. The summed E-state index contributed by atoms with van der Waals surface area (Å²) in [5, 5.41) is 12.4. The molecule has 1 fully saturated rings. The zero-order valence-corrected chi connectivity index (χ0v) is 15.7. The molecule has 2 rings (SSSR count). The molecule has 9 nitrogen and oxygen atoms in total. The van der Waals surface area contributed by atoms with Crippen LogP contribution in [0.4, 0.5) is 4.79 Å². The van der Waals surface area contributed by atoms with Crippen LogP contribution in [0, 0.1) is 0 Å². The van der Waals surface area contributed by atoms with Crippen molar-refractivity contribution in [3.63, 3.8) is 0 Å². The number of β-lactam (4-membered cyclic amide) rings is 1. The molecule has 1 saturated heterocycles. The lowest BCUT2D eigenvalue weighted by molar-refractivity contribution is -0.180. The Morgan fingerprint density at radius 1 is 1.30 bits per heavy atom. The van der Waals surface area contributed by atoms with E-state index in [9.17, 15) is 19.5 Å². The fourth-order valence-corrected chi connectivity index (χ4v) is 2.31. The third-order valence-corrected chi connectivity index (χ3v) is 3.70. The van der Waals surface area contributed by atoms with Crippen LogP contribution < -0.4 is 10.1 Å². The number of hydrogen-bond donors (Lipinski definition) is 2. The molecule has 1 heterocycles. The van der Waals surface area contributed by atoms with Gasteiger partial charge in [0, 0.05) is 0 Å². The molecule has 1 aliphatic heterocycles. The Labute approximate surface area is 157 Å². The fraction of sp³-hybridized carbons (Fsp3) is 0.500. The minimum Gasteiger partial charge on any atom is -0.497 e. The quantitative estimate of drug-likeness (QED) is 0.554. The van der Waals surface area contributed by atoms with E-state index in [0.717, 1.165) is 4.90 Å². The number of carbonyl (C=O) groups excluding carboxylic acids is 3. The van der Waals surface area contributed by atoms with Gasteiger partial charge in [-0.15, -0.1) is 0 Å². The van der Waals surface area contributed by atoms with E-state index in [-0.39, 0.29) is 13.2 Å². The number of nitrogens with one attached hydrogen (secondary N) is 1. The molecular weight excluding hydrogens is 356 g/mol. The predicted octanol–water partition coefficient (Wildman–Crippen LogP) is 0.792. The molecule has 1 aliphatic rings. The van der Waals surface area contributed by atoms with Crippen LogP contribution in [0.1, 0.15) is 26.3 Å². The predicted molar refractivity (Wildman–Crippen MR) is 93.7 cm³/mol. The average molecular weight is 380 g/mol. The van der Waals surface area contributed by atoms with Crippen LogP contribution in [-0.2, 0) is 25.7 Å². The summed E-state index contributed by atoms with van der Waals surface area (Å²) in [7, 11) is 1.54. The van der Waals surface area contributed by atoms with Crippen LogP contribution >= 0.6 is 0 Å². The lowest BCUT2D eigenvalue weighted by Crippen LogP contribution is -2.68. The van der Waals surface area contributed by atoms with Gasteiger partial charge >= 0.3 is 12.1 Å². The van der Waals surface area contributed by atoms with Gasteiger partial charge in [-0.2, -0.15) is 0 Å². The molecule has 0 saturated carbocycles. The Morgan fingerprint density at radius 3 is 2.44 bits per heavy atom. The van der Waals surface area contributed by atoms with E-state index in [1.807, 2.05) is 0 Å². The Morgan fingerprint density at radius 2 is 1.93 bits per heavy atom. The van der Waals surface area contributed by atoms with Gasteiger partial charge in [0.15, 0.2) is 0 Å². The maximum absolute atomic E-state index is 12.0. The van der Waals surface area contributed by atoms with Gasteiger partial charge in [0.1, 0.15) is 24.0 Å². The maximum Gasteiger partial charge on any atom is 0.408 e. The Kier molecular flexibility index (Phi) is 6.27. The largest absolute Gasteiger partial charge is 0.497 e. The topological polar surface area (TPSA) is 114 Å². The zero-order valence-electron chi connectivity index (χ0n) is 15.7. The molecule has 0 aliphatic carbocycles. The van der Waals surface area contributed by atoms with Crippen molar-refractivity contribution in [2.75, 3.05) is 13.7 Å². The normalized spacial score (nSPS) is 17.6. The van der Waals surface area contributed by atoms with E-state index in [0.29, 0.717) is 11.3 Å². The molecule has 9 heteroatoms. The number of esters is 1. The number of alkyl carbamates (subject to hydrolysis) is 1. The summed E-state index contributed by atoms with van der Waals surface area (Å²) in [6.07, 6.45) is -2.47. The molecule has 2 N–H and O–H groups in total. The van der Waals surface area contributed by atoms with Crippen LogP contribution in [0.25, 0.3) is 0 Å². The number of hydrogen-bond acceptors (Lipinski definition) is 7. The number of likely N-dealkylation sites (tertiary alicyclic amines) is 1. The van der Waals surface area contributed by atoms with Gasteiger partial charge in [-0.1, -0.05) is 12.1 Å². The van der Waals surface area contributed by atoms with Crippen molar-refractivity contribution in [3.05, 3.63) is 29.8 Å². The minimum absolute atomic E-state index is 0.0170. The van der Waals surface area contributed by atoms with Crippen molar-refractivity contribution in [1.29, 1.82) is 0 Å². The van der Waals surface area contributed by atoms with Gasteiger partial charge in [0.05, 0.1) is 13.7 Å². The molecule has 1 unspecified atom stereocenters. The van der Waals surface area contributed by atoms with E-state index in [1.54, 1.807) is 52.1 Å². The summed E-state index contributed by atoms with van der Waals surface area (Å²) in [5.41, 5.74) is 0.0113. The number of methoxy groups -OCH3 is 1. The van der Waals surface area contributed by atoms with E-state index < -0.39 is 35.8 Å². The van der Waals surface area contributed by atoms with E-state index >= 15 is 0 Å². The molecule has 2 atom stereocenters. The van der Waals surface area contributed by atoms with Crippen molar-refractivity contribution < 1.29 is 33.7 Å². The smallest absolute Gasteiger partial charge is 0.408 e. The first-order chi connectivity index (χ1) is 12.6. The van der Waals surface area contributed by atoms with Gasteiger partial charge in [-0.3, -0.25) is 4.79 Å². The first-order valence-corrected chi connectivity index (χ1v) is 8.38. The Bertz CT molecular complexity index is 697. The zero-order chi connectivity index (χ0) is 20.2. The Hall–Kier alpha value is -2.81. The highest BCUT2D eigenvalue weighted by molar-refractivity contribution is 5.94. The summed E-state index contributed by atoms with van der Waals surface area (Å²) in [5.74, 6) is -0.871. The molecule has 0 spiro atoms. The molecule has 0 bridgehead atoms. The van der Waals surface area contributed by atoms with Crippen molar-refractivity contribution in [2.45, 2.75) is 45.2 Å². The number of aliphatic hydroxyl groups is 1. The molecule has 0 aromatic heterocycles. The van der Waals surface area contributed by atoms with Gasteiger partial charge in [0.25, 0.3) is 0 Å². The molecule has 1 aromatic rings. The van der Waals surface area contributed by atoms with E-state index in [4.69, 9.17) is 14.2 Å². The SMILES string of the molecule is COc1ccc(COC(=O)C(O)N2C[C@H](NC(=O)OC(C)(C)C)C2=O)cc1. The number of amides is 2. The highest BCUT2D eigenvalue weighted by Gasteiger charge is 2.44. The highest BCUT2D eigenvalue weighted by atomic mass is 16.6. The second-order valence-electron chi connectivity index (χ2n) is 7.02. The third kappa shape index (κ3) is 5.58. The summed E-state index contributed by atoms with van der Waals surface area (Å²) < 4.78 is 15.1. The number of benzene rings is 1. The Balaban J connectivity index is 1.78. The first-order valence-electron chi connectivity index (χ1n) is 8.38. The van der Waals surface area contributed by atoms with Crippen LogP contribution in [-0.4, -0.2) is 59.5 Å². The highest BCUT2D eigenvalue weighted by Crippen LogP contribution is 2.17. The van der Waals surface area contributed by atoms with Crippen LogP contribution in [0.3, 0.4) is 0 Å². The number of rotatable bonds is 6. The second-order valence-corrected chi connectivity index (χ2v) is 7.02. The molecule has 0 radical (unpaired) electrons. The van der Waals surface area contributed by atoms with Gasteiger partial charge < -0.3 is 29.5 Å². The monoisotopic (exact) mass is 380 g/mol. The molecule has 1 aromatic carbocycles. The number of ether oxygens (including phenoxy) is 3. The fourth-order valence-electron chi connectivity index (χ4n) is 2.31. The van der Waals surface area contributed by atoms with E-state index in [2.05, 4.69) is 5.32 Å². The maximum atomic E-state index is 12.0. The standard InChI is InChI=1S/C18H24N2O7/c1-18(2,3)27-17(24)19-13-9-20(14(13)21)15(22)16(23)26-10-11-5-7-12(25-4)8-6-11/h5-8,13,15,22H,9-10H2,1-4H3,(H,19,24)/t13-,15?/m0/s1. The van der Waals surface area contributed by atoms with Crippen molar-refractivity contribution in [2.24, 2.45) is 0 Å². The van der Waals surface area contributed by atoms with Gasteiger partial charge in [-0.25, -0.2) is 9.59 Å². The number of aliphatic hydroxyl groups excluding tert-OH is 1. The summed E-state index contributed by atoms with van der Waals surface area (Å²) in [6, 6.07) is 6.02. The van der Waals surface area contributed by atoms with E-state index in [1.165, 1.54) is 0 Å². The molecule has 148 valence electrons. The third-order valence-electron chi connectivity index (χ3n) is 3.70. The van der Waals surface area contributed by atoms with Crippen LogP contribution in [0.5, 0.6) is 5.75 Å². The summed E-state index contributed by atoms with van der Waals surface area (Å²) in [4.78, 5) is 36.5.